The number of aliphatic hydroxyl groups is 1. The summed E-state index contributed by atoms with van der Waals surface area (Å²) < 4.78 is 0. The van der Waals surface area contributed by atoms with Crippen LogP contribution in [0.15, 0.2) is 18.2 Å². The molecule has 0 heterocycles. The molecule has 0 aliphatic heterocycles. The lowest BCUT2D eigenvalue weighted by molar-refractivity contribution is -0.181. The Balaban J connectivity index is 1.94. The molecule has 0 aromatic heterocycles. The number of carbonyl (C=O) groups is 6. The summed E-state index contributed by atoms with van der Waals surface area (Å²) in [6.07, 6.45) is -0.121. The van der Waals surface area contributed by atoms with Crippen LogP contribution in [-0.2, 0) is 24.0 Å². The summed E-state index contributed by atoms with van der Waals surface area (Å²) >= 11 is 0. The predicted molar refractivity (Wildman–Crippen MR) is 98.1 cm³/mol. The Hall–Kier alpha value is -3.20. The van der Waals surface area contributed by atoms with E-state index in [1.807, 2.05) is 0 Å². The van der Waals surface area contributed by atoms with Crippen LogP contribution >= 0.6 is 0 Å². The molecule has 30 heavy (non-hydrogen) atoms. The number of phenols is 1. The molecule has 3 aliphatic rings. The second-order valence-corrected chi connectivity index (χ2v) is 8.27. The molecule has 2 fully saturated rings. The largest absolute Gasteiger partial charge is 0.507 e. The maximum Gasteiger partial charge on any atom is 0.235 e. The SMILES string of the molecule is C[C@H]1c2cccc(O)c2C(=O)C2C(=O)[C@]3(O)C(=O)C(C(N)=O)C(=O)C[C@@H]3[C@@H](C=O)[C@@H]21. The number of fused-ring (bicyclic) bond motifs is 3. The van der Waals surface area contributed by atoms with E-state index in [4.69, 9.17) is 5.73 Å². The average molecular weight is 413 g/mol. The Kier molecular flexibility index (Phi) is 4.28. The molecular formula is C21H19NO8. The first-order valence-corrected chi connectivity index (χ1v) is 9.51. The minimum Gasteiger partial charge on any atom is -0.507 e. The van der Waals surface area contributed by atoms with Crippen molar-refractivity contribution in [3.63, 3.8) is 0 Å². The second kappa shape index (κ2) is 6.40. The van der Waals surface area contributed by atoms with Gasteiger partial charge in [0.1, 0.15) is 12.0 Å². The molecule has 0 bridgehead atoms. The number of phenolic OH excluding ortho intramolecular Hbond substituents is 1. The van der Waals surface area contributed by atoms with Gasteiger partial charge in [-0.1, -0.05) is 19.1 Å². The quantitative estimate of drug-likeness (QED) is 0.423. The number of Topliss-reactive ketones (excluding diaryl/α,β-unsaturated/α-hetero) is 4. The first-order chi connectivity index (χ1) is 14.1. The maximum atomic E-state index is 13.4. The van der Waals surface area contributed by atoms with Gasteiger partial charge in [-0.15, -0.1) is 0 Å². The van der Waals surface area contributed by atoms with E-state index in [9.17, 15) is 39.0 Å². The highest BCUT2D eigenvalue weighted by molar-refractivity contribution is 6.31. The molecule has 2 saturated carbocycles. The third-order valence-electron chi connectivity index (χ3n) is 6.98. The van der Waals surface area contributed by atoms with Crippen molar-refractivity contribution in [1.82, 2.24) is 0 Å². The molecule has 4 N–H and O–H groups in total. The Labute approximate surface area is 170 Å². The van der Waals surface area contributed by atoms with E-state index >= 15 is 0 Å². The van der Waals surface area contributed by atoms with Crippen molar-refractivity contribution < 1.29 is 39.0 Å². The van der Waals surface area contributed by atoms with Gasteiger partial charge in [0.25, 0.3) is 0 Å². The van der Waals surface area contributed by atoms with Crippen molar-refractivity contribution in [2.24, 2.45) is 35.3 Å². The van der Waals surface area contributed by atoms with Crippen LogP contribution < -0.4 is 5.73 Å². The van der Waals surface area contributed by atoms with Gasteiger partial charge in [0, 0.05) is 18.3 Å². The van der Waals surface area contributed by atoms with Gasteiger partial charge in [0.2, 0.25) is 5.91 Å². The van der Waals surface area contributed by atoms with Gasteiger partial charge in [0.05, 0.1) is 11.5 Å². The van der Waals surface area contributed by atoms with Gasteiger partial charge in [0.15, 0.2) is 34.7 Å². The minimum absolute atomic E-state index is 0.0999. The molecule has 0 radical (unpaired) electrons. The van der Waals surface area contributed by atoms with Crippen LogP contribution in [0.25, 0.3) is 0 Å². The normalized spacial score (nSPS) is 37.8. The molecule has 1 amide bonds. The van der Waals surface area contributed by atoms with Crippen molar-refractivity contribution in [2.45, 2.75) is 24.9 Å². The van der Waals surface area contributed by atoms with Crippen LogP contribution in [-0.4, -0.2) is 51.1 Å². The minimum atomic E-state index is -2.86. The third kappa shape index (κ3) is 2.26. The summed E-state index contributed by atoms with van der Waals surface area (Å²) in [7, 11) is 0. The van der Waals surface area contributed by atoms with E-state index in [2.05, 4.69) is 0 Å². The van der Waals surface area contributed by atoms with E-state index in [1.54, 1.807) is 13.0 Å². The number of benzene rings is 1. The van der Waals surface area contributed by atoms with Gasteiger partial charge in [-0.05, 0) is 23.5 Å². The topological polar surface area (TPSA) is 169 Å². The molecule has 2 unspecified atom stereocenters. The molecule has 0 spiro atoms. The summed E-state index contributed by atoms with van der Waals surface area (Å²) in [6.45, 7) is 1.68. The van der Waals surface area contributed by atoms with E-state index in [1.165, 1.54) is 12.1 Å². The molecular weight excluding hydrogens is 394 g/mol. The highest BCUT2D eigenvalue weighted by Gasteiger charge is 2.69. The fourth-order valence-electron chi connectivity index (χ4n) is 5.61. The highest BCUT2D eigenvalue weighted by Crippen LogP contribution is 2.55. The van der Waals surface area contributed by atoms with Crippen LogP contribution in [0, 0.1) is 29.6 Å². The number of rotatable bonds is 2. The van der Waals surface area contributed by atoms with E-state index < -0.39 is 76.6 Å². The molecule has 7 atom stereocenters. The highest BCUT2D eigenvalue weighted by atomic mass is 16.3. The average Bonchev–Trinajstić information content (AvgIpc) is 2.68. The monoisotopic (exact) mass is 413 g/mol. The third-order valence-corrected chi connectivity index (χ3v) is 6.98. The van der Waals surface area contributed by atoms with E-state index in [-0.39, 0.29) is 11.3 Å². The zero-order valence-electron chi connectivity index (χ0n) is 15.9. The lowest BCUT2D eigenvalue weighted by atomic mass is 9.48. The zero-order valence-corrected chi connectivity index (χ0v) is 15.9. The predicted octanol–water partition coefficient (Wildman–Crippen LogP) is -0.687. The molecule has 9 heteroatoms. The van der Waals surface area contributed by atoms with Crippen LogP contribution in [0.1, 0.15) is 35.2 Å². The first kappa shape index (κ1) is 20.1. The number of hydrogen-bond acceptors (Lipinski definition) is 8. The van der Waals surface area contributed by atoms with Gasteiger partial charge in [-0.3, -0.25) is 24.0 Å². The number of primary amides is 1. The summed E-state index contributed by atoms with van der Waals surface area (Å²) in [5.41, 5.74) is 2.61. The van der Waals surface area contributed by atoms with Crippen molar-refractivity contribution >= 4 is 35.3 Å². The van der Waals surface area contributed by atoms with E-state index in [0.717, 1.165) is 0 Å². The smallest absolute Gasteiger partial charge is 0.235 e. The molecule has 0 saturated heterocycles. The lowest BCUT2D eigenvalue weighted by Crippen LogP contribution is -2.71. The number of carbonyl (C=O) groups excluding carboxylic acids is 6. The van der Waals surface area contributed by atoms with Gasteiger partial charge in [-0.2, -0.15) is 0 Å². The summed E-state index contributed by atoms with van der Waals surface area (Å²) in [6, 6.07) is 4.40. The molecule has 4 rings (SSSR count). The standard InChI is InChI=1S/C21H19NO8/c1-7-8-3-2-4-11(24)14(8)17(26)16-13(7)9(6-23)10-5-12(25)15(20(22)29)18(27)21(10,30)19(16)28/h2-4,6-7,9-10,13,15-16,24,30H,5H2,1H3,(H2,22,29)/t7-,9+,10+,13-,15?,16?,21+/m0/s1. The Bertz CT molecular complexity index is 1050. The number of nitrogens with two attached hydrogens (primary N) is 1. The van der Waals surface area contributed by atoms with Crippen LogP contribution in [0.2, 0.25) is 0 Å². The Morgan fingerprint density at radius 1 is 1.20 bits per heavy atom. The second-order valence-electron chi connectivity index (χ2n) is 8.27. The van der Waals surface area contributed by atoms with Gasteiger partial charge in [-0.25, -0.2) is 0 Å². The fourth-order valence-corrected chi connectivity index (χ4v) is 5.61. The molecule has 1 aromatic carbocycles. The van der Waals surface area contributed by atoms with Crippen LogP contribution in [0.4, 0.5) is 0 Å². The van der Waals surface area contributed by atoms with Crippen LogP contribution in [0.3, 0.4) is 0 Å². The molecule has 9 nitrogen and oxygen atoms in total. The Morgan fingerprint density at radius 3 is 2.47 bits per heavy atom. The number of aldehydes is 1. The number of hydrogen-bond donors (Lipinski definition) is 3. The maximum absolute atomic E-state index is 13.4. The van der Waals surface area contributed by atoms with Gasteiger partial charge < -0.3 is 20.7 Å². The van der Waals surface area contributed by atoms with Crippen molar-refractivity contribution in [3.05, 3.63) is 29.3 Å². The number of ketones is 4. The lowest BCUT2D eigenvalue weighted by Gasteiger charge is -2.53. The van der Waals surface area contributed by atoms with E-state index in [0.29, 0.717) is 11.8 Å². The first-order valence-electron chi connectivity index (χ1n) is 9.51. The van der Waals surface area contributed by atoms with Crippen LogP contribution in [0.5, 0.6) is 5.75 Å². The summed E-state index contributed by atoms with van der Waals surface area (Å²) in [5.74, 6) is -13.5. The Morgan fingerprint density at radius 2 is 1.87 bits per heavy atom. The zero-order chi connectivity index (χ0) is 22.1. The van der Waals surface area contributed by atoms with Crippen molar-refractivity contribution in [1.29, 1.82) is 0 Å². The number of aromatic hydroxyl groups is 1. The van der Waals surface area contributed by atoms with Crippen molar-refractivity contribution in [3.8, 4) is 5.75 Å². The molecule has 3 aliphatic carbocycles. The molecule has 156 valence electrons. The van der Waals surface area contributed by atoms with Crippen molar-refractivity contribution in [2.75, 3.05) is 0 Å². The summed E-state index contributed by atoms with van der Waals surface area (Å²) in [5, 5.41) is 21.4. The summed E-state index contributed by atoms with van der Waals surface area (Å²) in [4.78, 5) is 75.6. The fraction of sp³-hybridized carbons (Fsp3) is 0.429. The number of amides is 1. The van der Waals surface area contributed by atoms with Gasteiger partial charge >= 0.3 is 0 Å². The molecule has 1 aromatic rings.